The highest BCUT2D eigenvalue weighted by Gasteiger charge is 2.49. The van der Waals surface area contributed by atoms with E-state index in [1.807, 2.05) is 56.4 Å². The lowest BCUT2D eigenvalue weighted by Crippen LogP contribution is -2.37. The number of aromatic nitrogens is 1. The number of aryl methyl sites for hydroxylation is 1. The van der Waals surface area contributed by atoms with Crippen molar-refractivity contribution in [1.29, 1.82) is 0 Å². The van der Waals surface area contributed by atoms with Crippen LogP contribution in [0, 0.1) is 6.92 Å². The second kappa shape index (κ2) is 9.01. The summed E-state index contributed by atoms with van der Waals surface area (Å²) >= 11 is 0. The number of aromatic amines is 1. The molecular weight excluding hydrogens is 428 g/mol. The molecule has 1 atom stereocenters. The number of likely N-dealkylation sites (tertiary alicyclic amines) is 1. The third kappa shape index (κ3) is 3.67. The molecule has 34 heavy (non-hydrogen) atoms. The lowest BCUT2D eigenvalue weighted by molar-refractivity contribution is -0.141. The number of carbonyl (C=O) groups is 2. The van der Waals surface area contributed by atoms with Crippen LogP contribution in [0.25, 0.3) is 16.7 Å². The molecule has 1 amide bonds. The number of ether oxygens (including phenoxy) is 1. The molecule has 1 aliphatic heterocycles. The summed E-state index contributed by atoms with van der Waals surface area (Å²) in [5.74, 6) is -0.538. The average molecular weight is 459 g/mol. The second-order valence-corrected chi connectivity index (χ2v) is 9.26. The summed E-state index contributed by atoms with van der Waals surface area (Å²) in [6.07, 6.45) is 6.57. The molecule has 0 radical (unpaired) electrons. The van der Waals surface area contributed by atoms with E-state index in [4.69, 9.17) is 4.74 Å². The first kappa shape index (κ1) is 22.3. The highest BCUT2D eigenvalue weighted by molar-refractivity contribution is 6.46. The highest BCUT2D eigenvalue weighted by atomic mass is 16.5. The van der Waals surface area contributed by atoms with Crippen molar-refractivity contribution in [3.05, 3.63) is 70.9 Å². The topological polar surface area (TPSA) is 82.6 Å². The lowest BCUT2D eigenvalue weighted by Gasteiger charge is -2.30. The van der Waals surface area contributed by atoms with Crippen molar-refractivity contribution in [2.24, 2.45) is 0 Å². The Morgan fingerprint density at radius 2 is 1.91 bits per heavy atom. The predicted octanol–water partition coefficient (Wildman–Crippen LogP) is 5.63. The van der Waals surface area contributed by atoms with E-state index in [-0.39, 0.29) is 17.4 Å². The minimum Gasteiger partial charge on any atom is -0.507 e. The number of nitrogens with zero attached hydrogens (tertiary/aromatic N) is 1. The van der Waals surface area contributed by atoms with Crippen LogP contribution in [0.2, 0.25) is 0 Å². The van der Waals surface area contributed by atoms with Crippen LogP contribution in [-0.2, 0) is 9.59 Å². The van der Waals surface area contributed by atoms with Crippen LogP contribution in [-0.4, -0.2) is 39.3 Å². The van der Waals surface area contributed by atoms with E-state index in [2.05, 4.69) is 4.98 Å². The Morgan fingerprint density at radius 3 is 2.65 bits per heavy atom. The Bertz CT molecular complexity index is 1280. The molecule has 2 fully saturated rings. The Morgan fingerprint density at radius 1 is 1.15 bits per heavy atom. The van der Waals surface area contributed by atoms with Crippen molar-refractivity contribution in [3.63, 3.8) is 0 Å². The molecule has 1 saturated carbocycles. The Hall–Kier alpha value is -3.54. The number of para-hydroxylation sites is 1. The Kier molecular flexibility index (Phi) is 5.90. The van der Waals surface area contributed by atoms with Crippen LogP contribution in [0.5, 0.6) is 5.75 Å². The Balaban J connectivity index is 1.66. The smallest absolute Gasteiger partial charge is 0.295 e. The van der Waals surface area contributed by atoms with Gasteiger partial charge in [-0.1, -0.05) is 38.0 Å². The van der Waals surface area contributed by atoms with Gasteiger partial charge in [0.05, 0.1) is 18.2 Å². The van der Waals surface area contributed by atoms with Gasteiger partial charge in [-0.15, -0.1) is 0 Å². The molecule has 0 spiro atoms. The maximum atomic E-state index is 13.4. The largest absolute Gasteiger partial charge is 0.507 e. The van der Waals surface area contributed by atoms with Gasteiger partial charge in [0.2, 0.25) is 0 Å². The zero-order valence-electron chi connectivity index (χ0n) is 19.6. The number of hydrogen-bond acceptors (Lipinski definition) is 4. The first-order chi connectivity index (χ1) is 16.5. The molecule has 176 valence electrons. The van der Waals surface area contributed by atoms with Crippen molar-refractivity contribution in [3.8, 4) is 5.75 Å². The number of aliphatic hydroxyl groups excluding tert-OH is 1. The van der Waals surface area contributed by atoms with Crippen LogP contribution in [0.4, 0.5) is 0 Å². The van der Waals surface area contributed by atoms with Crippen molar-refractivity contribution in [2.45, 2.75) is 58.0 Å². The van der Waals surface area contributed by atoms with Gasteiger partial charge < -0.3 is 19.7 Å². The molecule has 2 aliphatic rings. The SMILES string of the molecule is CCCOc1ccc(/C(O)=C2\C(=O)C(=O)N(C3CCCC3)C2c2c[nH]c3ccccc23)cc1C. The zero-order valence-corrected chi connectivity index (χ0v) is 19.6. The number of H-pyrrole nitrogens is 1. The van der Waals surface area contributed by atoms with Crippen molar-refractivity contribution >= 4 is 28.4 Å². The number of benzene rings is 2. The van der Waals surface area contributed by atoms with Gasteiger partial charge >= 0.3 is 0 Å². The van der Waals surface area contributed by atoms with Crippen LogP contribution < -0.4 is 4.74 Å². The fraction of sp³-hybridized carbons (Fsp3) is 0.357. The van der Waals surface area contributed by atoms with Crippen LogP contribution in [0.1, 0.15) is 61.8 Å². The number of nitrogens with one attached hydrogen (secondary N) is 1. The normalized spacial score (nSPS) is 20.5. The fourth-order valence-electron chi connectivity index (χ4n) is 5.36. The third-order valence-corrected chi connectivity index (χ3v) is 7.02. The minimum atomic E-state index is -0.629. The molecule has 1 aliphatic carbocycles. The summed E-state index contributed by atoms with van der Waals surface area (Å²) in [7, 11) is 0. The van der Waals surface area contributed by atoms with Crippen LogP contribution in [0.15, 0.2) is 54.2 Å². The number of amides is 1. The van der Waals surface area contributed by atoms with Crippen LogP contribution >= 0.6 is 0 Å². The number of Topliss-reactive ketones (excluding diaryl/α,β-unsaturated/α-hetero) is 1. The summed E-state index contributed by atoms with van der Waals surface area (Å²) in [5.41, 5.74) is 3.30. The third-order valence-electron chi connectivity index (χ3n) is 7.02. The van der Waals surface area contributed by atoms with E-state index < -0.39 is 17.7 Å². The lowest BCUT2D eigenvalue weighted by atomic mass is 9.94. The monoisotopic (exact) mass is 458 g/mol. The van der Waals surface area contributed by atoms with Gasteiger partial charge in [-0.3, -0.25) is 9.59 Å². The van der Waals surface area contributed by atoms with Gasteiger partial charge in [0, 0.05) is 34.3 Å². The molecule has 5 rings (SSSR count). The number of rotatable bonds is 6. The number of hydrogen-bond donors (Lipinski definition) is 2. The van der Waals surface area contributed by atoms with E-state index in [0.717, 1.165) is 59.9 Å². The van der Waals surface area contributed by atoms with E-state index in [9.17, 15) is 14.7 Å². The minimum absolute atomic E-state index is 0.00744. The quantitative estimate of drug-likeness (QED) is 0.285. The molecule has 1 saturated heterocycles. The highest BCUT2D eigenvalue weighted by Crippen LogP contribution is 2.45. The first-order valence-electron chi connectivity index (χ1n) is 12.1. The summed E-state index contributed by atoms with van der Waals surface area (Å²) in [4.78, 5) is 31.7. The number of ketones is 1. The number of aliphatic hydroxyl groups is 1. The van der Waals surface area contributed by atoms with Crippen molar-refractivity contribution < 1.29 is 19.4 Å². The summed E-state index contributed by atoms with van der Waals surface area (Å²) in [5, 5.41) is 12.4. The zero-order chi connectivity index (χ0) is 23.8. The fourth-order valence-corrected chi connectivity index (χ4v) is 5.36. The molecular formula is C28H30N2O4. The molecule has 0 bridgehead atoms. The molecule has 2 heterocycles. The summed E-state index contributed by atoms with van der Waals surface area (Å²) in [6.45, 7) is 4.57. The van der Waals surface area contributed by atoms with Gasteiger partial charge in [0.25, 0.3) is 11.7 Å². The van der Waals surface area contributed by atoms with Crippen molar-refractivity contribution in [1.82, 2.24) is 9.88 Å². The summed E-state index contributed by atoms with van der Waals surface area (Å²) in [6, 6.07) is 12.6. The van der Waals surface area contributed by atoms with Gasteiger partial charge in [-0.25, -0.2) is 0 Å². The van der Waals surface area contributed by atoms with E-state index >= 15 is 0 Å². The molecule has 6 heteroatoms. The van der Waals surface area contributed by atoms with E-state index in [0.29, 0.717) is 12.2 Å². The standard InChI is InChI=1S/C28H30N2O4/c1-3-14-34-23-13-12-18(15-17(23)2)26(31)24-25(21-16-29-22-11-7-6-10-20(21)22)30(28(33)27(24)32)19-8-4-5-9-19/h6-7,10-13,15-16,19,25,29,31H,3-5,8-9,14H2,1-2H3/b26-24+. The molecule has 1 aromatic heterocycles. The van der Waals surface area contributed by atoms with Gasteiger partial charge in [-0.2, -0.15) is 0 Å². The molecule has 2 aromatic carbocycles. The second-order valence-electron chi connectivity index (χ2n) is 9.26. The van der Waals surface area contributed by atoms with E-state index in [1.54, 1.807) is 11.0 Å². The number of fused-ring (bicyclic) bond motifs is 1. The van der Waals surface area contributed by atoms with Gasteiger partial charge in [0.1, 0.15) is 11.5 Å². The molecule has 2 N–H and O–H groups in total. The first-order valence-corrected chi connectivity index (χ1v) is 12.1. The Labute approximate surface area is 199 Å². The van der Waals surface area contributed by atoms with E-state index in [1.165, 1.54) is 0 Å². The molecule has 3 aromatic rings. The molecule has 6 nitrogen and oxygen atoms in total. The number of carbonyl (C=O) groups excluding carboxylic acids is 2. The van der Waals surface area contributed by atoms with Crippen molar-refractivity contribution in [2.75, 3.05) is 6.61 Å². The predicted molar refractivity (Wildman–Crippen MR) is 132 cm³/mol. The van der Waals surface area contributed by atoms with Crippen LogP contribution in [0.3, 0.4) is 0 Å². The summed E-state index contributed by atoms with van der Waals surface area (Å²) < 4.78 is 5.77. The average Bonchev–Trinajstić information content (AvgIpc) is 3.57. The van der Waals surface area contributed by atoms with Gasteiger partial charge in [-0.05, 0) is 56.0 Å². The molecule has 1 unspecified atom stereocenters. The maximum absolute atomic E-state index is 13.4. The maximum Gasteiger partial charge on any atom is 0.295 e. The van der Waals surface area contributed by atoms with Gasteiger partial charge in [0.15, 0.2) is 0 Å².